The molecule has 0 radical (unpaired) electrons. The van der Waals surface area contributed by atoms with E-state index in [9.17, 15) is 4.79 Å². The molecule has 7 heteroatoms. The summed E-state index contributed by atoms with van der Waals surface area (Å²) in [6.45, 7) is 1.62. The van der Waals surface area contributed by atoms with E-state index in [1.807, 2.05) is 23.1 Å². The average molecular weight is 375 g/mol. The molecule has 0 N–H and O–H groups in total. The number of amides is 1. The standard InChI is InChI=1S/C18H16Cl2N4O/c19-16-9-12(10-17(20)22-16)14-5-4-6-15-13(11-21-24(14)15)18(25)23-7-2-1-3-8-23/h4-6,9-11H,1-3,7-8H2. The Balaban J connectivity index is 1.79. The molecule has 1 fully saturated rings. The van der Waals surface area contributed by atoms with Crippen LogP contribution in [0.4, 0.5) is 0 Å². The van der Waals surface area contributed by atoms with Gasteiger partial charge in [0.25, 0.3) is 5.91 Å². The van der Waals surface area contributed by atoms with Crippen LogP contribution in [0.25, 0.3) is 16.8 Å². The van der Waals surface area contributed by atoms with Gasteiger partial charge in [-0.25, -0.2) is 9.50 Å². The summed E-state index contributed by atoms with van der Waals surface area (Å²) < 4.78 is 1.75. The average Bonchev–Trinajstić information content (AvgIpc) is 3.05. The van der Waals surface area contributed by atoms with E-state index in [0.29, 0.717) is 15.9 Å². The van der Waals surface area contributed by atoms with E-state index >= 15 is 0 Å². The maximum Gasteiger partial charge on any atom is 0.257 e. The molecule has 4 rings (SSSR count). The van der Waals surface area contributed by atoms with Crippen molar-refractivity contribution in [3.63, 3.8) is 0 Å². The SMILES string of the molecule is O=C(c1cnn2c(-c3cc(Cl)nc(Cl)c3)cccc12)N1CCCCC1. The third-order valence-corrected chi connectivity index (χ3v) is 4.86. The zero-order chi connectivity index (χ0) is 17.4. The van der Waals surface area contributed by atoms with Crippen molar-refractivity contribution >= 4 is 34.6 Å². The van der Waals surface area contributed by atoms with Gasteiger partial charge in [0, 0.05) is 18.7 Å². The van der Waals surface area contributed by atoms with Crippen molar-refractivity contribution < 1.29 is 4.79 Å². The lowest BCUT2D eigenvalue weighted by Crippen LogP contribution is -2.35. The summed E-state index contributed by atoms with van der Waals surface area (Å²) >= 11 is 12.0. The van der Waals surface area contributed by atoms with Gasteiger partial charge in [-0.3, -0.25) is 4.79 Å². The highest BCUT2D eigenvalue weighted by molar-refractivity contribution is 6.32. The van der Waals surface area contributed by atoms with Crippen LogP contribution in [-0.4, -0.2) is 38.5 Å². The van der Waals surface area contributed by atoms with E-state index in [-0.39, 0.29) is 5.91 Å². The highest BCUT2D eigenvalue weighted by Crippen LogP contribution is 2.27. The first-order valence-corrected chi connectivity index (χ1v) is 8.98. The molecule has 0 atom stereocenters. The first-order chi connectivity index (χ1) is 12.1. The van der Waals surface area contributed by atoms with Gasteiger partial charge >= 0.3 is 0 Å². The molecule has 1 aliphatic rings. The third kappa shape index (κ3) is 3.10. The van der Waals surface area contributed by atoms with Crippen molar-refractivity contribution in [1.82, 2.24) is 19.5 Å². The molecule has 4 heterocycles. The number of hydrogen-bond donors (Lipinski definition) is 0. The third-order valence-electron chi connectivity index (χ3n) is 4.48. The molecule has 0 spiro atoms. The molecule has 1 aliphatic heterocycles. The minimum Gasteiger partial charge on any atom is -0.339 e. The zero-order valence-electron chi connectivity index (χ0n) is 13.5. The maximum absolute atomic E-state index is 12.9. The Morgan fingerprint density at radius 2 is 1.76 bits per heavy atom. The molecular weight excluding hydrogens is 359 g/mol. The number of halogens is 2. The zero-order valence-corrected chi connectivity index (χ0v) is 15.0. The number of carbonyl (C=O) groups excluding carboxylic acids is 1. The van der Waals surface area contributed by atoms with Gasteiger partial charge in [0.1, 0.15) is 10.3 Å². The van der Waals surface area contributed by atoms with Gasteiger partial charge in [-0.05, 0) is 43.5 Å². The number of hydrogen-bond acceptors (Lipinski definition) is 3. The number of carbonyl (C=O) groups is 1. The Hall–Kier alpha value is -2.11. The Labute approximate surface area is 155 Å². The Kier molecular flexibility index (Phi) is 4.36. The predicted molar refractivity (Wildman–Crippen MR) is 98.2 cm³/mol. The molecule has 25 heavy (non-hydrogen) atoms. The second-order valence-electron chi connectivity index (χ2n) is 6.12. The lowest BCUT2D eigenvalue weighted by molar-refractivity contribution is 0.0726. The van der Waals surface area contributed by atoms with Gasteiger partial charge in [-0.1, -0.05) is 29.3 Å². The maximum atomic E-state index is 12.9. The first-order valence-electron chi connectivity index (χ1n) is 8.23. The first kappa shape index (κ1) is 16.4. The fourth-order valence-electron chi connectivity index (χ4n) is 3.27. The number of piperidine rings is 1. The second kappa shape index (κ2) is 6.65. The lowest BCUT2D eigenvalue weighted by atomic mass is 10.1. The summed E-state index contributed by atoms with van der Waals surface area (Å²) in [6, 6.07) is 9.18. The fraction of sp³-hybridized carbons (Fsp3) is 0.278. The molecule has 0 unspecified atom stereocenters. The summed E-state index contributed by atoms with van der Waals surface area (Å²) in [4.78, 5) is 18.7. The summed E-state index contributed by atoms with van der Waals surface area (Å²) in [7, 11) is 0. The smallest absolute Gasteiger partial charge is 0.257 e. The van der Waals surface area contributed by atoms with Gasteiger partial charge < -0.3 is 4.90 Å². The van der Waals surface area contributed by atoms with E-state index in [0.717, 1.165) is 42.7 Å². The highest BCUT2D eigenvalue weighted by Gasteiger charge is 2.22. The van der Waals surface area contributed by atoms with Crippen molar-refractivity contribution in [3.8, 4) is 11.3 Å². The van der Waals surface area contributed by atoms with Crippen LogP contribution in [-0.2, 0) is 0 Å². The van der Waals surface area contributed by atoms with Gasteiger partial charge in [0.15, 0.2) is 0 Å². The largest absolute Gasteiger partial charge is 0.339 e. The number of nitrogens with zero attached hydrogens (tertiary/aromatic N) is 4. The van der Waals surface area contributed by atoms with Crippen molar-refractivity contribution in [2.24, 2.45) is 0 Å². The summed E-state index contributed by atoms with van der Waals surface area (Å²) in [6.07, 6.45) is 4.95. The minimum atomic E-state index is 0.0395. The van der Waals surface area contributed by atoms with Gasteiger partial charge in [0.05, 0.1) is 23.0 Å². The van der Waals surface area contributed by atoms with Crippen LogP contribution in [0, 0.1) is 0 Å². The summed E-state index contributed by atoms with van der Waals surface area (Å²) in [5.74, 6) is 0.0395. The predicted octanol–water partition coefficient (Wildman–Crippen LogP) is 4.33. The molecule has 1 amide bonds. The van der Waals surface area contributed by atoms with Gasteiger partial charge in [-0.15, -0.1) is 0 Å². The van der Waals surface area contributed by atoms with E-state index in [2.05, 4.69) is 10.1 Å². The van der Waals surface area contributed by atoms with Crippen LogP contribution >= 0.6 is 23.2 Å². The Morgan fingerprint density at radius 3 is 2.48 bits per heavy atom. The molecule has 0 bridgehead atoms. The highest BCUT2D eigenvalue weighted by atomic mass is 35.5. The van der Waals surface area contributed by atoms with Gasteiger partial charge in [-0.2, -0.15) is 5.10 Å². The summed E-state index contributed by atoms with van der Waals surface area (Å²) in [5, 5.41) is 5.06. The number of fused-ring (bicyclic) bond motifs is 1. The fourth-order valence-corrected chi connectivity index (χ4v) is 3.74. The Bertz CT molecular complexity index is 927. The molecular formula is C18H16Cl2N4O. The quantitative estimate of drug-likeness (QED) is 0.627. The van der Waals surface area contributed by atoms with E-state index < -0.39 is 0 Å². The van der Waals surface area contributed by atoms with Crippen molar-refractivity contribution in [3.05, 3.63) is 52.4 Å². The molecule has 3 aromatic heterocycles. The van der Waals surface area contributed by atoms with Crippen molar-refractivity contribution in [1.29, 1.82) is 0 Å². The minimum absolute atomic E-state index is 0.0395. The van der Waals surface area contributed by atoms with Crippen LogP contribution in [0.3, 0.4) is 0 Å². The molecule has 3 aromatic rings. The summed E-state index contributed by atoms with van der Waals surface area (Å²) in [5.41, 5.74) is 3.00. The number of rotatable bonds is 2. The van der Waals surface area contributed by atoms with Crippen molar-refractivity contribution in [2.45, 2.75) is 19.3 Å². The second-order valence-corrected chi connectivity index (χ2v) is 6.89. The topological polar surface area (TPSA) is 50.5 Å². The van der Waals surface area contributed by atoms with Crippen molar-refractivity contribution in [2.75, 3.05) is 13.1 Å². The number of likely N-dealkylation sites (tertiary alicyclic amines) is 1. The Morgan fingerprint density at radius 1 is 1.04 bits per heavy atom. The molecule has 0 aliphatic carbocycles. The van der Waals surface area contributed by atoms with Gasteiger partial charge in [0.2, 0.25) is 0 Å². The lowest BCUT2D eigenvalue weighted by Gasteiger charge is -2.26. The number of aromatic nitrogens is 3. The number of pyridine rings is 2. The van der Waals surface area contributed by atoms with Crippen LogP contribution in [0.5, 0.6) is 0 Å². The van der Waals surface area contributed by atoms with E-state index in [1.165, 1.54) is 6.42 Å². The van der Waals surface area contributed by atoms with E-state index in [1.54, 1.807) is 22.8 Å². The molecule has 1 saturated heterocycles. The molecule has 0 aromatic carbocycles. The molecule has 0 saturated carbocycles. The molecule has 5 nitrogen and oxygen atoms in total. The van der Waals surface area contributed by atoms with Crippen LogP contribution in [0.1, 0.15) is 29.6 Å². The van der Waals surface area contributed by atoms with E-state index in [4.69, 9.17) is 23.2 Å². The van der Waals surface area contributed by atoms with Crippen LogP contribution in [0.15, 0.2) is 36.5 Å². The molecule has 128 valence electrons. The van der Waals surface area contributed by atoms with Crippen LogP contribution in [0.2, 0.25) is 10.3 Å². The monoisotopic (exact) mass is 374 g/mol. The normalized spacial score (nSPS) is 14.9. The van der Waals surface area contributed by atoms with Crippen LogP contribution < -0.4 is 0 Å².